The van der Waals surface area contributed by atoms with Crippen molar-refractivity contribution >= 4 is 35.0 Å². The molecule has 0 saturated carbocycles. The highest BCUT2D eigenvalue weighted by Crippen LogP contribution is 2.18. The maximum absolute atomic E-state index is 11.9. The van der Waals surface area contributed by atoms with Crippen LogP contribution in [0.25, 0.3) is 10.8 Å². The summed E-state index contributed by atoms with van der Waals surface area (Å²) in [6.07, 6.45) is 0. The fraction of sp³-hybridized carbons (Fsp3) is 0.333. The molecule has 6 heteroatoms. The number of amides is 2. The summed E-state index contributed by atoms with van der Waals surface area (Å²) >= 11 is 0. The van der Waals surface area contributed by atoms with Crippen molar-refractivity contribution in [3.8, 4) is 0 Å². The van der Waals surface area contributed by atoms with E-state index in [1.54, 1.807) is 0 Å². The van der Waals surface area contributed by atoms with E-state index in [2.05, 4.69) is 10.6 Å². The van der Waals surface area contributed by atoms with Crippen LogP contribution in [-0.2, 0) is 16.1 Å². The van der Waals surface area contributed by atoms with E-state index in [-0.39, 0.29) is 36.7 Å². The standard InChI is InChI=1S/C18H23N3O2.ClH/c1-12(2)17(19)18(23)21-11-16(22)20-10-14-8-5-7-13-6-3-4-9-15(13)14;/h3-9,12,17H,10-11,19H2,1-2H3,(H,20,22)(H,21,23);1H/t17-;/m0./s1. The quantitative estimate of drug-likeness (QED) is 0.745. The fourth-order valence-corrected chi connectivity index (χ4v) is 2.29. The smallest absolute Gasteiger partial charge is 0.239 e. The summed E-state index contributed by atoms with van der Waals surface area (Å²) in [6, 6.07) is 13.4. The molecule has 0 spiro atoms. The van der Waals surface area contributed by atoms with Crippen LogP contribution in [0.4, 0.5) is 0 Å². The number of fused-ring (bicyclic) bond motifs is 1. The molecule has 0 fully saturated rings. The lowest BCUT2D eigenvalue weighted by atomic mass is 10.0. The zero-order chi connectivity index (χ0) is 16.8. The highest BCUT2D eigenvalue weighted by molar-refractivity contribution is 5.88. The van der Waals surface area contributed by atoms with Crippen LogP contribution in [0, 0.1) is 5.92 Å². The molecule has 2 rings (SSSR count). The van der Waals surface area contributed by atoms with E-state index < -0.39 is 6.04 Å². The third-order valence-corrected chi connectivity index (χ3v) is 3.80. The Balaban J connectivity index is 0.00000288. The highest BCUT2D eigenvalue weighted by atomic mass is 35.5. The average molecular weight is 350 g/mol. The van der Waals surface area contributed by atoms with Crippen LogP contribution in [0.15, 0.2) is 42.5 Å². The molecule has 5 nitrogen and oxygen atoms in total. The van der Waals surface area contributed by atoms with Gasteiger partial charge in [-0.25, -0.2) is 0 Å². The Labute approximate surface area is 148 Å². The van der Waals surface area contributed by atoms with E-state index in [9.17, 15) is 9.59 Å². The van der Waals surface area contributed by atoms with Gasteiger partial charge in [0, 0.05) is 6.54 Å². The van der Waals surface area contributed by atoms with E-state index >= 15 is 0 Å². The molecule has 2 aromatic rings. The zero-order valence-corrected chi connectivity index (χ0v) is 14.7. The molecule has 1 atom stereocenters. The van der Waals surface area contributed by atoms with Crippen molar-refractivity contribution in [1.82, 2.24) is 10.6 Å². The minimum absolute atomic E-state index is 0. The first-order chi connectivity index (χ1) is 11.0. The average Bonchev–Trinajstić information content (AvgIpc) is 2.56. The van der Waals surface area contributed by atoms with Gasteiger partial charge in [-0.1, -0.05) is 56.3 Å². The summed E-state index contributed by atoms with van der Waals surface area (Å²) < 4.78 is 0. The maximum Gasteiger partial charge on any atom is 0.239 e. The van der Waals surface area contributed by atoms with Gasteiger partial charge in [0.05, 0.1) is 12.6 Å². The first-order valence-corrected chi connectivity index (χ1v) is 7.75. The summed E-state index contributed by atoms with van der Waals surface area (Å²) in [4.78, 5) is 23.6. The van der Waals surface area contributed by atoms with Gasteiger partial charge in [0.25, 0.3) is 0 Å². The molecule has 0 aromatic heterocycles. The van der Waals surface area contributed by atoms with Crippen LogP contribution in [0.5, 0.6) is 0 Å². The van der Waals surface area contributed by atoms with Crippen LogP contribution in [0.1, 0.15) is 19.4 Å². The molecule has 24 heavy (non-hydrogen) atoms. The largest absolute Gasteiger partial charge is 0.350 e. The monoisotopic (exact) mass is 349 g/mol. The second kappa shape index (κ2) is 9.25. The molecule has 0 saturated heterocycles. The number of carbonyl (C=O) groups excluding carboxylic acids is 2. The van der Waals surface area contributed by atoms with Crippen molar-refractivity contribution in [3.63, 3.8) is 0 Å². The van der Waals surface area contributed by atoms with E-state index in [0.717, 1.165) is 16.3 Å². The van der Waals surface area contributed by atoms with Crippen molar-refractivity contribution in [2.45, 2.75) is 26.4 Å². The third-order valence-electron chi connectivity index (χ3n) is 3.80. The molecule has 130 valence electrons. The number of nitrogens with two attached hydrogens (primary N) is 1. The van der Waals surface area contributed by atoms with E-state index in [1.165, 1.54) is 0 Å². The topological polar surface area (TPSA) is 84.2 Å². The third kappa shape index (κ3) is 5.22. The second-order valence-electron chi connectivity index (χ2n) is 5.90. The van der Waals surface area contributed by atoms with Crippen molar-refractivity contribution in [2.75, 3.05) is 6.54 Å². The molecule has 0 unspecified atom stereocenters. The molecule has 2 aromatic carbocycles. The maximum atomic E-state index is 11.9. The van der Waals surface area contributed by atoms with Crippen molar-refractivity contribution in [1.29, 1.82) is 0 Å². The summed E-state index contributed by atoms with van der Waals surface area (Å²) in [5, 5.41) is 7.63. The van der Waals surface area contributed by atoms with Gasteiger partial charge < -0.3 is 16.4 Å². The summed E-state index contributed by atoms with van der Waals surface area (Å²) in [5.74, 6) is -0.503. The number of halogens is 1. The van der Waals surface area contributed by atoms with E-state index in [4.69, 9.17) is 5.73 Å². The van der Waals surface area contributed by atoms with Gasteiger partial charge >= 0.3 is 0 Å². The Morgan fingerprint density at radius 3 is 2.42 bits per heavy atom. The van der Waals surface area contributed by atoms with Crippen LogP contribution >= 0.6 is 12.4 Å². The number of nitrogens with one attached hydrogen (secondary N) is 2. The molecule has 0 bridgehead atoms. The normalized spacial score (nSPS) is 11.7. The Bertz CT molecular complexity index is 698. The Kier molecular flexibility index (Phi) is 7.68. The summed E-state index contributed by atoms with van der Waals surface area (Å²) in [7, 11) is 0. The van der Waals surface area contributed by atoms with Gasteiger partial charge in [-0.3, -0.25) is 9.59 Å². The first kappa shape index (κ1) is 19.9. The van der Waals surface area contributed by atoms with Gasteiger partial charge in [0.1, 0.15) is 0 Å². The molecule has 0 heterocycles. The van der Waals surface area contributed by atoms with Crippen LogP contribution in [0.2, 0.25) is 0 Å². The first-order valence-electron chi connectivity index (χ1n) is 7.75. The number of hydrogen-bond donors (Lipinski definition) is 3. The van der Waals surface area contributed by atoms with E-state index in [0.29, 0.717) is 6.54 Å². The summed E-state index contributed by atoms with van der Waals surface area (Å²) in [5.41, 5.74) is 6.77. The van der Waals surface area contributed by atoms with Crippen LogP contribution < -0.4 is 16.4 Å². The molecule has 0 radical (unpaired) electrons. The summed E-state index contributed by atoms with van der Waals surface area (Å²) in [6.45, 7) is 4.09. The molecule has 0 aliphatic carbocycles. The Hall–Kier alpha value is -2.11. The van der Waals surface area contributed by atoms with Crippen molar-refractivity contribution in [2.24, 2.45) is 11.7 Å². The molecule has 2 amide bonds. The van der Waals surface area contributed by atoms with Gasteiger partial charge in [-0.05, 0) is 22.3 Å². The molecule has 4 N–H and O–H groups in total. The minimum Gasteiger partial charge on any atom is -0.350 e. The Morgan fingerprint density at radius 2 is 1.71 bits per heavy atom. The van der Waals surface area contributed by atoms with Crippen molar-refractivity contribution < 1.29 is 9.59 Å². The number of rotatable bonds is 6. The van der Waals surface area contributed by atoms with Crippen molar-refractivity contribution in [3.05, 3.63) is 48.0 Å². The SMILES string of the molecule is CC(C)[C@H](N)C(=O)NCC(=O)NCc1cccc2ccccc12.Cl. The minimum atomic E-state index is -0.596. The van der Waals surface area contributed by atoms with Gasteiger partial charge in [0.15, 0.2) is 0 Å². The molecular weight excluding hydrogens is 326 g/mol. The van der Waals surface area contributed by atoms with E-state index in [1.807, 2.05) is 56.3 Å². The molecular formula is C18H24ClN3O2. The van der Waals surface area contributed by atoms with Gasteiger partial charge in [-0.15, -0.1) is 12.4 Å². The highest BCUT2D eigenvalue weighted by Gasteiger charge is 2.17. The predicted octanol–water partition coefficient (Wildman–Crippen LogP) is 1.98. The van der Waals surface area contributed by atoms with Gasteiger partial charge in [0.2, 0.25) is 11.8 Å². The zero-order valence-electron chi connectivity index (χ0n) is 13.9. The lowest BCUT2D eigenvalue weighted by Crippen LogP contribution is -2.47. The second-order valence-corrected chi connectivity index (χ2v) is 5.90. The van der Waals surface area contributed by atoms with Gasteiger partial charge in [-0.2, -0.15) is 0 Å². The molecule has 0 aliphatic rings. The lowest BCUT2D eigenvalue weighted by Gasteiger charge is -2.15. The number of carbonyl (C=O) groups is 2. The number of hydrogen-bond acceptors (Lipinski definition) is 3. The Morgan fingerprint density at radius 1 is 1.04 bits per heavy atom. The van der Waals surface area contributed by atoms with Crippen LogP contribution in [0.3, 0.4) is 0 Å². The molecule has 0 aliphatic heterocycles. The predicted molar refractivity (Wildman–Crippen MR) is 98.9 cm³/mol. The van der Waals surface area contributed by atoms with Crippen LogP contribution in [-0.4, -0.2) is 24.4 Å². The number of benzene rings is 2. The fourth-order valence-electron chi connectivity index (χ4n) is 2.29. The lowest BCUT2D eigenvalue weighted by molar-refractivity contribution is -0.127.